The van der Waals surface area contributed by atoms with Gasteiger partial charge < -0.3 is 9.47 Å². The number of rotatable bonds is 0. The second kappa shape index (κ2) is 1.89. The standard InChI is InChI=1S/C5H4O4/c1-3-5(7)9-4(6)2-8-3/h1-2H2. The molecule has 0 aromatic rings. The fourth-order valence-corrected chi connectivity index (χ4v) is 0.395. The number of hydrogen-bond acceptors (Lipinski definition) is 4. The van der Waals surface area contributed by atoms with E-state index < -0.39 is 11.9 Å². The summed E-state index contributed by atoms with van der Waals surface area (Å²) < 4.78 is 8.58. The Hall–Kier alpha value is -1.32. The Morgan fingerprint density at radius 2 is 2.11 bits per heavy atom. The Labute approximate surface area is 51.1 Å². The minimum absolute atomic E-state index is 0.116. The second-order valence-corrected chi connectivity index (χ2v) is 1.47. The predicted molar refractivity (Wildman–Crippen MR) is 26.2 cm³/mol. The molecular formula is C5H4O4. The van der Waals surface area contributed by atoms with Gasteiger partial charge >= 0.3 is 11.9 Å². The van der Waals surface area contributed by atoms with Crippen molar-refractivity contribution in [1.82, 2.24) is 0 Å². The fourth-order valence-electron chi connectivity index (χ4n) is 0.395. The van der Waals surface area contributed by atoms with Crippen molar-refractivity contribution in [2.75, 3.05) is 6.61 Å². The summed E-state index contributed by atoms with van der Waals surface area (Å²) in [6.45, 7) is 2.96. The monoisotopic (exact) mass is 128 g/mol. The van der Waals surface area contributed by atoms with Gasteiger partial charge in [-0.1, -0.05) is 0 Å². The van der Waals surface area contributed by atoms with Crippen LogP contribution >= 0.6 is 0 Å². The molecule has 1 aliphatic heterocycles. The number of carbonyl (C=O) groups is 2. The van der Waals surface area contributed by atoms with Crippen LogP contribution < -0.4 is 0 Å². The molecule has 0 N–H and O–H groups in total. The zero-order chi connectivity index (χ0) is 6.85. The van der Waals surface area contributed by atoms with Crippen molar-refractivity contribution < 1.29 is 19.1 Å². The summed E-state index contributed by atoms with van der Waals surface area (Å²) in [5.41, 5.74) is 0. The molecule has 0 bridgehead atoms. The summed E-state index contributed by atoms with van der Waals surface area (Å²) in [7, 11) is 0. The smallest absolute Gasteiger partial charge is 0.380 e. The van der Waals surface area contributed by atoms with Crippen LogP contribution in [0.5, 0.6) is 0 Å². The Morgan fingerprint density at radius 3 is 2.56 bits per heavy atom. The molecule has 0 spiro atoms. The Bertz CT molecular complexity index is 181. The SMILES string of the molecule is C=C1OCC(=O)OC1=O. The topological polar surface area (TPSA) is 52.6 Å². The van der Waals surface area contributed by atoms with Crippen molar-refractivity contribution >= 4 is 11.9 Å². The number of cyclic esters (lactones) is 2. The maximum absolute atomic E-state index is 10.3. The quantitative estimate of drug-likeness (QED) is 0.253. The van der Waals surface area contributed by atoms with Gasteiger partial charge in [-0.05, 0) is 6.58 Å². The van der Waals surface area contributed by atoms with E-state index in [2.05, 4.69) is 16.1 Å². The fraction of sp³-hybridized carbons (Fsp3) is 0.200. The first kappa shape index (κ1) is 5.81. The van der Waals surface area contributed by atoms with Gasteiger partial charge in [0.25, 0.3) is 0 Å². The van der Waals surface area contributed by atoms with Crippen LogP contribution in [-0.2, 0) is 19.1 Å². The van der Waals surface area contributed by atoms with Crippen LogP contribution in [0.2, 0.25) is 0 Å². The van der Waals surface area contributed by atoms with Gasteiger partial charge in [-0.15, -0.1) is 0 Å². The van der Waals surface area contributed by atoms with Crippen LogP contribution in [0, 0.1) is 0 Å². The van der Waals surface area contributed by atoms with Crippen molar-refractivity contribution in [3.63, 3.8) is 0 Å². The molecule has 0 atom stereocenters. The molecule has 0 aliphatic carbocycles. The van der Waals surface area contributed by atoms with Crippen LogP contribution in [-0.4, -0.2) is 18.5 Å². The van der Waals surface area contributed by atoms with Gasteiger partial charge in [0, 0.05) is 0 Å². The molecule has 4 nitrogen and oxygen atoms in total. The van der Waals surface area contributed by atoms with Crippen molar-refractivity contribution in [2.45, 2.75) is 0 Å². The Kier molecular flexibility index (Phi) is 1.22. The largest absolute Gasteiger partial charge is 0.475 e. The number of carbonyl (C=O) groups excluding carboxylic acids is 2. The molecule has 0 amide bonds. The Morgan fingerprint density at radius 1 is 1.44 bits per heavy atom. The molecule has 1 fully saturated rings. The average Bonchev–Trinajstić information content (AvgIpc) is 1.80. The third-order valence-electron chi connectivity index (χ3n) is 0.798. The predicted octanol–water partition coefficient (Wildman–Crippen LogP) is -0.400. The van der Waals surface area contributed by atoms with Crippen LogP contribution in [0.3, 0.4) is 0 Å². The highest BCUT2D eigenvalue weighted by molar-refractivity contribution is 5.96. The lowest BCUT2D eigenvalue weighted by molar-refractivity contribution is -0.168. The summed E-state index contributed by atoms with van der Waals surface area (Å²) in [6, 6.07) is 0. The van der Waals surface area contributed by atoms with E-state index in [-0.39, 0.29) is 12.4 Å². The molecule has 1 rings (SSSR count). The van der Waals surface area contributed by atoms with E-state index in [1.807, 2.05) is 0 Å². The highest BCUT2D eigenvalue weighted by atomic mass is 16.6. The minimum atomic E-state index is -0.800. The average molecular weight is 128 g/mol. The molecular weight excluding hydrogens is 124 g/mol. The minimum Gasteiger partial charge on any atom is -0.475 e. The van der Waals surface area contributed by atoms with Gasteiger partial charge in [0.05, 0.1) is 0 Å². The summed E-state index contributed by atoms with van der Waals surface area (Å²) >= 11 is 0. The summed E-state index contributed by atoms with van der Waals surface area (Å²) in [4.78, 5) is 20.5. The van der Waals surface area contributed by atoms with E-state index in [9.17, 15) is 9.59 Å². The number of esters is 2. The molecule has 0 radical (unpaired) electrons. The number of hydrogen-bond donors (Lipinski definition) is 0. The molecule has 0 aromatic heterocycles. The van der Waals surface area contributed by atoms with Gasteiger partial charge in [-0.2, -0.15) is 0 Å². The van der Waals surface area contributed by atoms with E-state index in [1.165, 1.54) is 0 Å². The molecule has 48 valence electrons. The van der Waals surface area contributed by atoms with Crippen LogP contribution in [0.1, 0.15) is 0 Å². The lowest BCUT2D eigenvalue weighted by Crippen LogP contribution is -2.26. The first-order valence-corrected chi connectivity index (χ1v) is 2.27. The van der Waals surface area contributed by atoms with E-state index in [4.69, 9.17) is 0 Å². The molecule has 1 saturated heterocycles. The van der Waals surface area contributed by atoms with Gasteiger partial charge in [0.15, 0.2) is 12.4 Å². The zero-order valence-electron chi connectivity index (χ0n) is 4.55. The maximum Gasteiger partial charge on any atom is 0.380 e. The van der Waals surface area contributed by atoms with Crippen molar-refractivity contribution in [3.05, 3.63) is 12.3 Å². The van der Waals surface area contributed by atoms with E-state index in [0.29, 0.717) is 0 Å². The summed E-state index contributed by atoms with van der Waals surface area (Å²) in [6.07, 6.45) is 0. The van der Waals surface area contributed by atoms with Gasteiger partial charge in [0.1, 0.15) is 0 Å². The molecule has 4 heteroatoms. The third kappa shape index (κ3) is 1.07. The first-order chi connectivity index (χ1) is 4.20. The third-order valence-corrected chi connectivity index (χ3v) is 0.798. The van der Waals surface area contributed by atoms with Crippen molar-refractivity contribution in [2.24, 2.45) is 0 Å². The van der Waals surface area contributed by atoms with Gasteiger partial charge in [-0.25, -0.2) is 9.59 Å². The van der Waals surface area contributed by atoms with Crippen molar-refractivity contribution in [1.29, 1.82) is 0 Å². The number of ether oxygens (including phenoxy) is 2. The summed E-state index contributed by atoms with van der Waals surface area (Å²) in [5, 5.41) is 0. The second-order valence-electron chi connectivity index (χ2n) is 1.47. The maximum atomic E-state index is 10.3. The van der Waals surface area contributed by atoms with Gasteiger partial charge in [-0.3, -0.25) is 0 Å². The molecule has 1 heterocycles. The highest BCUT2D eigenvalue weighted by Crippen LogP contribution is 2.03. The molecule has 0 saturated carbocycles. The van der Waals surface area contributed by atoms with E-state index in [1.54, 1.807) is 0 Å². The molecule has 0 aromatic carbocycles. The van der Waals surface area contributed by atoms with Crippen LogP contribution in [0.4, 0.5) is 0 Å². The van der Waals surface area contributed by atoms with Crippen LogP contribution in [0.15, 0.2) is 12.3 Å². The molecule has 0 unspecified atom stereocenters. The normalized spacial score (nSPS) is 18.9. The Balaban J connectivity index is 2.64. The molecule has 1 aliphatic rings. The first-order valence-electron chi connectivity index (χ1n) is 2.27. The van der Waals surface area contributed by atoms with E-state index in [0.717, 1.165) is 0 Å². The van der Waals surface area contributed by atoms with Crippen LogP contribution in [0.25, 0.3) is 0 Å². The zero-order valence-corrected chi connectivity index (χ0v) is 4.55. The highest BCUT2D eigenvalue weighted by Gasteiger charge is 2.21. The summed E-state index contributed by atoms with van der Waals surface area (Å²) in [5.74, 6) is -1.59. The lowest BCUT2D eigenvalue weighted by atomic mass is 10.5. The van der Waals surface area contributed by atoms with E-state index >= 15 is 0 Å². The van der Waals surface area contributed by atoms with Gasteiger partial charge in [0.2, 0.25) is 0 Å². The van der Waals surface area contributed by atoms with Crippen molar-refractivity contribution in [3.8, 4) is 0 Å². The molecule has 9 heavy (non-hydrogen) atoms. The lowest BCUT2D eigenvalue weighted by Gasteiger charge is -2.11.